The van der Waals surface area contributed by atoms with E-state index >= 15 is 0 Å². The Morgan fingerprint density at radius 1 is 1.22 bits per heavy atom. The van der Waals surface area contributed by atoms with Crippen molar-refractivity contribution in [3.63, 3.8) is 0 Å². The van der Waals surface area contributed by atoms with Gasteiger partial charge in [0, 0.05) is 20.2 Å². The number of benzene rings is 1. The molecule has 0 spiro atoms. The maximum Gasteiger partial charge on any atom is 0.416 e. The maximum atomic E-state index is 12.8. The Morgan fingerprint density at radius 2 is 1.84 bits per heavy atom. The van der Waals surface area contributed by atoms with E-state index in [9.17, 15) is 27.6 Å². The van der Waals surface area contributed by atoms with E-state index in [1.165, 1.54) is 7.11 Å². The summed E-state index contributed by atoms with van der Waals surface area (Å²) >= 11 is 0. The molecule has 1 heterocycles. The maximum absolute atomic E-state index is 12.8. The normalized spacial score (nSPS) is 11.6. The van der Waals surface area contributed by atoms with Gasteiger partial charge in [-0.25, -0.2) is 4.79 Å². The van der Waals surface area contributed by atoms with E-state index in [-0.39, 0.29) is 42.9 Å². The van der Waals surface area contributed by atoms with Gasteiger partial charge in [-0.2, -0.15) is 13.2 Å². The highest BCUT2D eigenvalue weighted by Crippen LogP contribution is 2.30. The van der Waals surface area contributed by atoms with Crippen LogP contribution in [0.25, 0.3) is 0 Å². The minimum absolute atomic E-state index is 0.0277. The predicted molar refractivity (Wildman–Crippen MR) is 112 cm³/mol. The SMILES string of the molecule is COCCN(C(=O)COc1ccc(C(F)(F)F)cc1)c1c(N)n(CC(C)C)c(=O)[nH]c1=O. The van der Waals surface area contributed by atoms with Gasteiger partial charge in [-0.3, -0.25) is 24.0 Å². The molecule has 9 nitrogen and oxygen atoms in total. The number of halogens is 3. The summed E-state index contributed by atoms with van der Waals surface area (Å²) in [6.45, 7) is 3.30. The third kappa shape index (κ3) is 6.13. The summed E-state index contributed by atoms with van der Waals surface area (Å²) in [7, 11) is 1.40. The third-order valence-corrected chi connectivity index (χ3v) is 4.40. The number of ether oxygens (including phenoxy) is 2. The summed E-state index contributed by atoms with van der Waals surface area (Å²) in [4.78, 5) is 40.7. The van der Waals surface area contributed by atoms with Crippen LogP contribution in [0.1, 0.15) is 19.4 Å². The number of H-pyrrole nitrogens is 1. The molecule has 0 bridgehead atoms. The second-order valence-corrected chi connectivity index (χ2v) is 7.35. The quantitative estimate of drug-likeness (QED) is 0.592. The molecule has 0 saturated heterocycles. The molecule has 2 rings (SSSR count). The van der Waals surface area contributed by atoms with Gasteiger partial charge in [0.25, 0.3) is 11.5 Å². The van der Waals surface area contributed by atoms with Gasteiger partial charge in [-0.05, 0) is 30.2 Å². The first kappa shape index (κ1) is 25.0. The van der Waals surface area contributed by atoms with Crippen LogP contribution < -0.4 is 26.6 Å². The molecular formula is C20H25F3N4O5. The lowest BCUT2D eigenvalue weighted by Gasteiger charge is -2.24. The third-order valence-electron chi connectivity index (χ3n) is 4.40. The van der Waals surface area contributed by atoms with Gasteiger partial charge in [0.2, 0.25) is 0 Å². The predicted octanol–water partition coefficient (Wildman–Crippen LogP) is 1.85. The number of carbonyl (C=O) groups is 1. The highest BCUT2D eigenvalue weighted by molar-refractivity contribution is 5.96. The van der Waals surface area contributed by atoms with E-state index in [1.807, 2.05) is 13.8 Å². The van der Waals surface area contributed by atoms with E-state index in [2.05, 4.69) is 4.98 Å². The number of nitrogens with one attached hydrogen (secondary N) is 1. The number of nitrogens with two attached hydrogens (primary N) is 1. The van der Waals surface area contributed by atoms with E-state index < -0.39 is 35.5 Å². The zero-order valence-electron chi connectivity index (χ0n) is 17.9. The highest BCUT2D eigenvalue weighted by atomic mass is 19.4. The summed E-state index contributed by atoms with van der Waals surface area (Å²) in [5.74, 6) is -0.829. The average Bonchev–Trinajstić information content (AvgIpc) is 2.71. The smallest absolute Gasteiger partial charge is 0.416 e. The Morgan fingerprint density at radius 3 is 2.38 bits per heavy atom. The van der Waals surface area contributed by atoms with Gasteiger partial charge in [0.05, 0.1) is 12.2 Å². The van der Waals surface area contributed by atoms with Crippen LogP contribution in [0.2, 0.25) is 0 Å². The van der Waals surface area contributed by atoms with Gasteiger partial charge in [-0.15, -0.1) is 0 Å². The van der Waals surface area contributed by atoms with E-state index in [1.54, 1.807) is 0 Å². The number of aromatic nitrogens is 2. The Labute approximate surface area is 181 Å². The Bertz CT molecular complexity index is 1050. The molecule has 0 aliphatic carbocycles. The van der Waals surface area contributed by atoms with Crippen LogP contribution in [0.5, 0.6) is 5.75 Å². The second-order valence-electron chi connectivity index (χ2n) is 7.35. The number of amides is 1. The van der Waals surface area contributed by atoms with Crippen molar-refractivity contribution in [1.29, 1.82) is 0 Å². The molecule has 1 amide bonds. The summed E-state index contributed by atoms with van der Waals surface area (Å²) in [6.07, 6.45) is -4.50. The fraction of sp³-hybridized carbons (Fsp3) is 0.450. The second kappa shape index (κ2) is 10.4. The molecule has 2 aromatic rings. The van der Waals surface area contributed by atoms with Crippen molar-refractivity contribution < 1.29 is 27.4 Å². The van der Waals surface area contributed by atoms with E-state index in [0.717, 1.165) is 33.7 Å². The lowest BCUT2D eigenvalue weighted by Crippen LogP contribution is -2.44. The van der Waals surface area contributed by atoms with Crippen LogP contribution in [-0.4, -0.2) is 42.3 Å². The number of anilines is 2. The van der Waals surface area contributed by atoms with Crippen molar-refractivity contribution in [2.75, 3.05) is 37.5 Å². The van der Waals surface area contributed by atoms with Crippen molar-refractivity contribution in [2.24, 2.45) is 5.92 Å². The van der Waals surface area contributed by atoms with Crippen molar-refractivity contribution in [1.82, 2.24) is 9.55 Å². The summed E-state index contributed by atoms with van der Waals surface area (Å²) in [6, 6.07) is 3.82. The van der Waals surface area contributed by atoms with Gasteiger partial charge >= 0.3 is 11.9 Å². The number of methoxy groups -OCH3 is 1. The molecule has 0 saturated carbocycles. The Kier molecular flexibility index (Phi) is 8.08. The zero-order valence-corrected chi connectivity index (χ0v) is 17.9. The molecule has 0 atom stereocenters. The van der Waals surface area contributed by atoms with Gasteiger partial charge in [0.15, 0.2) is 12.3 Å². The monoisotopic (exact) mass is 458 g/mol. The summed E-state index contributed by atoms with van der Waals surface area (Å²) < 4.78 is 49.5. The van der Waals surface area contributed by atoms with Crippen LogP contribution in [0, 0.1) is 5.92 Å². The summed E-state index contributed by atoms with van der Waals surface area (Å²) in [5, 5.41) is 0. The van der Waals surface area contributed by atoms with E-state index in [0.29, 0.717) is 0 Å². The average molecular weight is 458 g/mol. The number of rotatable bonds is 9. The molecule has 0 fully saturated rings. The minimum atomic E-state index is -4.50. The van der Waals surface area contributed by atoms with Crippen LogP contribution in [0.15, 0.2) is 33.9 Å². The first-order valence-corrected chi connectivity index (χ1v) is 9.67. The van der Waals surface area contributed by atoms with Gasteiger partial charge in [0.1, 0.15) is 11.6 Å². The standard InChI is InChI=1S/C20H25F3N4O5/c1-12(2)10-27-17(24)16(18(29)25-19(27)30)26(8-9-31-3)15(28)11-32-14-6-4-13(5-7-14)20(21,22)23/h4-7,12H,8-11,24H2,1-3H3,(H,25,29,30). The van der Waals surface area contributed by atoms with Crippen LogP contribution in [0.4, 0.5) is 24.7 Å². The first-order chi connectivity index (χ1) is 15.0. The minimum Gasteiger partial charge on any atom is -0.484 e. The number of alkyl halides is 3. The molecule has 32 heavy (non-hydrogen) atoms. The Hall–Kier alpha value is -3.28. The van der Waals surface area contributed by atoms with Crippen molar-refractivity contribution in [3.8, 4) is 5.75 Å². The molecule has 1 aromatic carbocycles. The van der Waals surface area contributed by atoms with Crippen LogP contribution in [-0.2, 0) is 22.3 Å². The van der Waals surface area contributed by atoms with Crippen molar-refractivity contribution in [2.45, 2.75) is 26.6 Å². The fourth-order valence-electron chi connectivity index (χ4n) is 2.89. The van der Waals surface area contributed by atoms with Gasteiger partial charge in [-0.1, -0.05) is 13.8 Å². The van der Waals surface area contributed by atoms with Crippen molar-refractivity contribution in [3.05, 3.63) is 50.7 Å². The number of hydrogen-bond acceptors (Lipinski definition) is 6. The van der Waals surface area contributed by atoms with Crippen LogP contribution >= 0.6 is 0 Å². The number of nitrogen functional groups attached to an aromatic ring is 1. The summed E-state index contributed by atoms with van der Waals surface area (Å²) in [5.41, 5.74) is 3.42. The fourth-order valence-corrected chi connectivity index (χ4v) is 2.89. The molecule has 0 unspecified atom stereocenters. The lowest BCUT2D eigenvalue weighted by molar-refractivity contribution is -0.137. The molecule has 0 aliphatic heterocycles. The molecule has 12 heteroatoms. The molecular weight excluding hydrogens is 433 g/mol. The highest BCUT2D eigenvalue weighted by Gasteiger charge is 2.30. The largest absolute Gasteiger partial charge is 0.484 e. The molecule has 176 valence electrons. The van der Waals surface area contributed by atoms with E-state index in [4.69, 9.17) is 15.2 Å². The molecule has 1 aromatic heterocycles. The number of nitrogens with zero attached hydrogens (tertiary/aromatic N) is 2. The Balaban J connectivity index is 2.31. The lowest BCUT2D eigenvalue weighted by atomic mass is 10.2. The molecule has 0 radical (unpaired) electrons. The number of carbonyl (C=O) groups excluding carboxylic acids is 1. The molecule has 0 aliphatic rings. The number of aromatic amines is 1. The van der Waals surface area contributed by atoms with Crippen LogP contribution in [0.3, 0.4) is 0 Å². The number of hydrogen-bond donors (Lipinski definition) is 2. The topological polar surface area (TPSA) is 120 Å². The first-order valence-electron chi connectivity index (χ1n) is 9.67. The van der Waals surface area contributed by atoms with Crippen molar-refractivity contribution >= 4 is 17.4 Å². The van der Waals surface area contributed by atoms with Gasteiger partial charge < -0.3 is 15.2 Å². The zero-order chi connectivity index (χ0) is 24.1. The molecule has 3 N–H and O–H groups in total.